The van der Waals surface area contributed by atoms with Crippen molar-refractivity contribution in [1.82, 2.24) is 24.9 Å². The largest absolute Gasteiger partial charge is 0.543 e. The highest BCUT2D eigenvalue weighted by molar-refractivity contribution is 8.00. The van der Waals surface area contributed by atoms with Crippen LogP contribution in [-0.4, -0.2) is 89.6 Å². The maximum absolute atomic E-state index is 13.2. The number of pyridine rings is 1. The first-order valence-electron chi connectivity index (χ1n) is 13.8. The maximum Gasteiger partial charge on any atom is 0.350 e. The molecule has 2 aliphatic rings. The van der Waals surface area contributed by atoms with Crippen molar-refractivity contribution >= 4 is 69.5 Å². The van der Waals surface area contributed by atoms with Gasteiger partial charge in [0.1, 0.15) is 11.4 Å². The molecule has 6 N–H and O–H groups in total. The first-order valence-corrected chi connectivity index (χ1v) is 15.6. The lowest BCUT2D eigenvalue weighted by atomic mass is 10.0. The molecule has 0 bridgehead atoms. The van der Waals surface area contributed by atoms with Gasteiger partial charge in [0.25, 0.3) is 11.8 Å². The van der Waals surface area contributed by atoms with E-state index in [-0.39, 0.29) is 46.9 Å². The van der Waals surface area contributed by atoms with Gasteiger partial charge in [0.05, 0.1) is 23.9 Å². The Morgan fingerprint density at radius 1 is 1.22 bits per heavy atom. The second-order valence-corrected chi connectivity index (χ2v) is 13.7. The summed E-state index contributed by atoms with van der Waals surface area (Å²) in [4.78, 5) is 72.3. The number of hydrogen-bond acceptors (Lipinski definition) is 14. The number of nitrogens with zero attached hydrogens (tertiary/aromatic N) is 5. The summed E-state index contributed by atoms with van der Waals surface area (Å²) >= 11 is 1.99. The van der Waals surface area contributed by atoms with Crippen molar-refractivity contribution in [3.05, 3.63) is 41.6 Å². The van der Waals surface area contributed by atoms with E-state index >= 15 is 0 Å². The van der Waals surface area contributed by atoms with E-state index in [1.54, 1.807) is 29.1 Å². The van der Waals surface area contributed by atoms with Crippen LogP contribution in [0.25, 0.3) is 0 Å². The number of carboxylic acids is 2. The van der Waals surface area contributed by atoms with Crippen molar-refractivity contribution in [2.24, 2.45) is 5.16 Å². The number of fused-ring (bicyclic) bond motifs is 1. The minimum absolute atomic E-state index is 0.00338. The normalized spacial score (nSPS) is 18.4. The van der Waals surface area contributed by atoms with Gasteiger partial charge in [0.15, 0.2) is 24.1 Å². The van der Waals surface area contributed by atoms with Crippen LogP contribution in [0.15, 0.2) is 41.0 Å². The van der Waals surface area contributed by atoms with Crippen molar-refractivity contribution in [2.45, 2.75) is 63.7 Å². The van der Waals surface area contributed by atoms with Crippen LogP contribution in [0.4, 0.5) is 10.8 Å². The number of rotatable bonds is 12. The topological polar surface area (TPSA) is 245 Å². The molecule has 2 aromatic heterocycles. The summed E-state index contributed by atoms with van der Waals surface area (Å²) in [5, 5.41) is 32.8. The zero-order valence-electron chi connectivity index (χ0n) is 25.5. The van der Waals surface area contributed by atoms with Crippen molar-refractivity contribution in [1.29, 1.82) is 0 Å². The summed E-state index contributed by atoms with van der Waals surface area (Å²) in [5.74, 6) is -4.83. The zero-order valence-corrected chi connectivity index (χ0v) is 27.2. The molecule has 0 spiro atoms. The van der Waals surface area contributed by atoms with Crippen molar-refractivity contribution in [3.8, 4) is 0 Å². The van der Waals surface area contributed by atoms with Crippen molar-refractivity contribution < 1.29 is 43.6 Å². The summed E-state index contributed by atoms with van der Waals surface area (Å²) in [5.41, 5.74) is 3.74. The second kappa shape index (κ2) is 13.4. The molecule has 1 fully saturated rings. The molecule has 1 unspecified atom stereocenters. The van der Waals surface area contributed by atoms with E-state index in [4.69, 9.17) is 10.6 Å². The fourth-order valence-corrected chi connectivity index (χ4v) is 5.90. The SMILES string of the molecule is CC(C)(C)NCC(=O)Nc1cc[n+](CC2=C(C(=O)[O-])N3C(=O)[C@@H](NC(=O)/C(=N\OC(C)(C)C(=O)O)c4nsc(N)n4)C3SC2)cc1. The third-order valence-corrected chi connectivity index (χ3v) is 8.49. The van der Waals surface area contributed by atoms with Crippen molar-refractivity contribution in [2.75, 3.05) is 23.3 Å². The molecule has 0 aromatic carbocycles. The summed E-state index contributed by atoms with van der Waals surface area (Å²) in [7, 11) is 0. The standard InChI is InChI=1S/C27H33N9O8S2/c1-26(2,3)29-10-15(37)30-14-6-8-35(9-7-14)11-13-12-45-22-17(21(39)36(22)18(13)23(40)41)31-20(38)16(19-32-25(28)46-34-19)33-44-27(4,5)24(42)43/h6-9,17,22,29H,10-12H2,1-5H3,(H5,28,31,32,34,38,40,41,42,43)/b33-16-/t17-,22?/m1/s1. The Labute approximate surface area is 271 Å². The van der Waals surface area contributed by atoms with Crippen LogP contribution in [0.1, 0.15) is 40.4 Å². The summed E-state index contributed by atoms with van der Waals surface area (Å²) in [6, 6.07) is 2.18. The predicted molar refractivity (Wildman–Crippen MR) is 164 cm³/mol. The van der Waals surface area contributed by atoms with Crippen LogP contribution in [0, 0.1) is 0 Å². The van der Waals surface area contributed by atoms with E-state index in [9.17, 15) is 34.2 Å². The maximum atomic E-state index is 13.2. The highest BCUT2D eigenvalue weighted by Gasteiger charge is 2.53. The molecule has 4 rings (SSSR count). The van der Waals surface area contributed by atoms with Crippen LogP contribution in [0.2, 0.25) is 0 Å². The lowest BCUT2D eigenvalue weighted by Crippen LogP contribution is -2.71. The number of thioether (sulfide) groups is 1. The second-order valence-electron chi connectivity index (χ2n) is 11.8. The summed E-state index contributed by atoms with van der Waals surface area (Å²) < 4.78 is 5.62. The molecule has 2 atom stereocenters. The Bertz CT molecular complexity index is 1620. The van der Waals surface area contributed by atoms with Gasteiger partial charge in [0, 0.05) is 40.5 Å². The lowest BCUT2D eigenvalue weighted by Gasteiger charge is -2.50. The molecule has 3 amide bonds. The van der Waals surface area contributed by atoms with Crippen molar-refractivity contribution in [3.63, 3.8) is 0 Å². The van der Waals surface area contributed by atoms with Gasteiger partial charge < -0.3 is 41.5 Å². The quantitative estimate of drug-likeness (QED) is 0.0739. The molecular weight excluding hydrogens is 642 g/mol. The number of nitrogens with two attached hydrogens (primary N) is 1. The number of oxime groups is 1. The molecule has 0 aliphatic carbocycles. The van der Waals surface area contributed by atoms with Crippen LogP contribution in [0.5, 0.6) is 0 Å². The molecule has 1 saturated heterocycles. The Morgan fingerprint density at radius 3 is 2.46 bits per heavy atom. The Hall–Kier alpha value is -4.62. The monoisotopic (exact) mass is 675 g/mol. The van der Waals surface area contributed by atoms with Gasteiger partial charge in [-0.05, 0) is 34.6 Å². The van der Waals surface area contributed by atoms with Gasteiger partial charge in [-0.3, -0.25) is 19.3 Å². The molecule has 17 nitrogen and oxygen atoms in total. The summed E-state index contributed by atoms with van der Waals surface area (Å²) in [6.45, 7) is 8.52. The number of nitrogens with one attached hydrogen (secondary N) is 3. The van der Waals surface area contributed by atoms with Gasteiger partial charge in [0.2, 0.25) is 23.0 Å². The van der Waals surface area contributed by atoms with Crippen LogP contribution in [-0.2, 0) is 35.4 Å². The fraction of sp³-hybridized carbons (Fsp3) is 0.444. The molecule has 19 heteroatoms. The average molecular weight is 676 g/mol. The first-order chi connectivity index (χ1) is 21.5. The fourth-order valence-electron chi connectivity index (χ4n) is 4.13. The average Bonchev–Trinajstić information content (AvgIpc) is 3.40. The first kappa shape index (κ1) is 34.3. The van der Waals surface area contributed by atoms with Crippen LogP contribution in [0.3, 0.4) is 0 Å². The van der Waals surface area contributed by atoms with Gasteiger partial charge in [-0.15, -0.1) is 11.8 Å². The summed E-state index contributed by atoms with van der Waals surface area (Å²) in [6.07, 6.45) is 3.33. The van der Waals surface area contributed by atoms with Gasteiger partial charge in [-0.2, -0.15) is 9.36 Å². The minimum Gasteiger partial charge on any atom is -0.543 e. The number of aliphatic carboxylic acids is 2. The predicted octanol–water partition coefficient (Wildman–Crippen LogP) is -1.58. The third-order valence-electron chi connectivity index (χ3n) is 6.60. The smallest absolute Gasteiger partial charge is 0.350 e. The molecule has 46 heavy (non-hydrogen) atoms. The number of aromatic nitrogens is 3. The number of carbonyl (C=O) groups excluding carboxylic acids is 4. The molecule has 2 aromatic rings. The zero-order chi connectivity index (χ0) is 34.0. The minimum atomic E-state index is -1.81. The van der Waals surface area contributed by atoms with Crippen LogP contribution >= 0.6 is 23.3 Å². The molecule has 4 heterocycles. The van der Waals surface area contributed by atoms with Gasteiger partial charge in [-0.1, -0.05) is 5.16 Å². The lowest BCUT2D eigenvalue weighted by molar-refractivity contribution is -0.689. The number of hydrogen-bond donors (Lipinski definition) is 5. The Balaban J connectivity index is 1.46. The highest BCUT2D eigenvalue weighted by Crippen LogP contribution is 2.40. The number of carbonyl (C=O) groups is 5. The Morgan fingerprint density at radius 2 is 1.89 bits per heavy atom. The third kappa shape index (κ3) is 7.96. The van der Waals surface area contributed by atoms with E-state index < -0.39 is 46.5 Å². The number of anilines is 2. The number of nitrogen functional groups attached to an aromatic ring is 1. The number of carboxylic acid groups (broad SMARTS) is 2. The van der Waals surface area contributed by atoms with Crippen LogP contribution < -0.4 is 31.4 Å². The van der Waals surface area contributed by atoms with E-state index in [0.29, 0.717) is 11.3 Å². The van der Waals surface area contributed by atoms with E-state index in [1.165, 1.54) is 25.6 Å². The number of amides is 3. The van der Waals surface area contributed by atoms with Gasteiger partial charge in [-0.25, -0.2) is 9.36 Å². The molecular formula is C27H33N9O8S2. The van der Waals surface area contributed by atoms with E-state index in [2.05, 4.69) is 30.5 Å². The van der Waals surface area contributed by atoms with Gasteiger partial charge >= 0.3 is 5.97 Å². The molecule has 2 aliphatic heterocycles. The number of β-lactam (4-membered cyclic amide) rings is 1. The van der Waals surface area contributed by atoms with E-state index in [0.717, 1.165) is 16.4 Å². The molecule has 246 valence electrons. The molecule has 0 radical (unpaired) electrons. The Kier molecular flexibility index (Phi) is 9.97. The highest BCUT2D eigenvalue weighted by atomic mass is 32.2. The van der Waals surface area contributed by atoms with E-state index in [1.807, 2.05) is 20.8 Å². The molecule has 0 saturated carbocycles.